The fourth-order valence-corrected chi connectivity index (χ4v) is 4.10. The zero-order valence-electron chi connectivity index (χ0n) is 15.8. The van der Waals surface area contributed by atoms with Gasteiger partial charge in [0, 0.05) is 0 Å². The molecule has 144 valence electrons. The third-order valence-corrected chi connectivity index (χ3v) is 5.63. The molecule has 1 aliphatic heterocycles. The van der Waals surface area contributed by atoms with Crippen LogP contribution >= 0.6 is 0 Å². The smallest absolute Gasteiger partial charge is 0.325 e. The number of rotatable bonds is 4. The molecule has 0 unspecified atom stereocenters. The highest BCUT2D eigenvalue weighted by molar-refractivity contribution is 6.09. The molecule has 6 nitrogen and oxygen atoms in total. The van der Waals surface area contributed by atoms with Crippen molar-refractivity contribution in [3.8, 4) is 0 Å². The predicted octanol–water partition coefficient (Wildman–Crippen LogP) is 2.65. The van der Waals surface area contributed by atoms with Crippen LogP contribution in [0.15, 0.2) is 54.6 Å². The summed E-state index contributed by atoms with van der Waals surface area (Å²) >= 11 is 0. The van der Waals surface area contributed by atoms with Crippen molar-refractivity contribution < 1.29 is 14.4 Å². The molecule has 0 bridgehead atoms. The molecule has 2 N–H and O–H groups in total. The summed E-state index contributed by atoms with van der Waals surface area (Å²) in [6.07, 6.45) is 2.85. The Morgan fingerprint density at radius 1 is 1.14 bits per heavy atom. The molecule has 2 atom stereocenters. The minimum Gasteiger partial charge on any atom is -0.348 e. The van der Waals surface area contributed by atoms with Gasteiger partial charge in [-0.1, -0.05) is 54.6 Å². The van der Waals surface area contributed by atoms with E-state index in [1.807, 2.05) is 36.4 Å². The van der Waals surface area contributed by atoms with Gasteiger partial charge in [0.05, 0.1) is 6.04 Å². The molecule has 0 saturated carbocycles. The Labute approximate surface area is 163 Å². The fraction of sp³-hybridized carbons (Fsp3) is 0.318. The first-order valence-electron chi connectivity index (χ1n) is 9.56. The van der Waals surface area contributed by atoms with Crippen molar-refractivity contribution in [3.63, 3.8) is 0 Å². The van der Waals surface area contributed by atoms with Gasteiger partial charge >= 0.3 is 6.03 Å². The predicted molar refractivity (Wildman–Crippen MR) is 104 cm³/mol. The van der Waals surface area contributed by atoms with Crippen LogP contribution in [0.1, 0.15) is 42.5 Å². The summed E-state index contributed by atoms with van der Waals surface area (Å²) in [5.74, 6) is -0.745. The number of hydrogen-bond donors (Lipinski definition) is 2. The largest absolute Gasteiger partial charge is 0.348 e. The summed E-state index contributed by atoms with van der Waals surface area (Å²) in [6.45, 7) is 1.38. The van der Waals surface area contributed by atoms with E-state index in [1.54, 1.807) is 19.1 Å². The first kappa shape index (κ1) is 18.2. The third-order valence-electron chi connectivity index (χ3n) is 5.63. The van der Waals surface area contributed by atoms with Crippen LogP contribution < -0.4 is 10.6 Å². The van der Waals surface area contributed by atoms with E-state index in [9.17, 15) is 14.4 Å². The maximum absolute atomic E-state index is 12.9. The van der Waals surface area contributed by atoms with Crippen LogP contribution in [0, 0.1) is 0 Å². The monoisotopic (exact) mass is 377 g/mol. The molecule has 0 aromatic heterocycles. The van der Waals surface area contributed by atoms with Gasteiger partial charge in [0.25, 0.3) is 5.91 Å². The first-order chi connectivity index (χ1) is 13.5. The molecule has 28 heavy (non-hydrogen) atoms. The zero-order chi connectivity index (χ0) is 19.7. The number of fused-ring (bicyclic) bond motifs is 1. The number of imide groups is 1. The maximum Gasteiger partial charge on any atom is 0.325 e. The Bertz CT molecular complexity index is 928. The summed E-state index contributed by atoms with van der Waals surface area (Å²) in [7, 11) is 0. The number of carbonyl (C=O) groups excluding carboxylic acids is 3. The Morgan fingerprint density at radius 3 is 2.64 bits per heavy atom. The van der Waals surface area contributed by atoms with Crippen molar-refractivity contribution in [2.24, 2.45) is 0 Å². The molecular formula is C22H23N3O3. The van der Waals surface area contributed by atoms with Gasteiger partial charge < -0.3 is 10.6 Å². The SMILES string of the molecule is C[C@@]1(c2ccccc2)NC(=O)N(CC(=O)N[C@H]2CCCc3ccccc32)C1=O. The van der Waals surface area contributed by atoms with E-state index < -0.39 is 17.5 Å². The highest BCUT2D eigenvalue weighted by Gasteiger charge is 2.49. The second-order valence-electron chi connectivity index (χ2n) is 7.52. The van der Waals surface area contributed by atoms with Crippen LogP contribution in [0.4, 0.5) is 4.79 Å². The van der Waals surface area contributed by atoms with Crippen LogP contribution in [-0.2, 0) is 21.5 Å². The number of nitrogens with one attached hydrogen (secondary N) is 2. The van der Waals surface area contributed by atoms with E-state index in [4.69, 9.17) is 0 Å². The second kappa shape index (κ2) is 7.11. The van der Waals surface area contributed by atoms with Crippen molar-refractivity contribution in [2.75, 3.05) is 6.54 Å². The standard InChI is InChI=1S/C22H23N3O3/c1-22(16-10-3-2-4-11-16)20(27)25(21(28)24-22)14-19(26)23-18-13-7-9-15-8-5-6-12-17(15)18/h2-6,8,10-12,18H,7,9,13-14H2,1H3,(H,23,26)(H,24,28)/t18-,22-/m0/s1. The van der Waals surface area contributed by atoms with Crippen LogP contribution in [0.25, 0.3) is 0 Å². The van der Waals surface area contributed by atoms with Gasteiger partial charge in [-0.15, -0.1) is 0 Å². The molecule has 0 spiro atoms. The number of aryl methyl sites for hydroxylation is 1. The van der Waals surface area contributed by atoms with Gasteiger partial charge in [-0.2, -0.15) is 0 Å². The minimum atomic E-state index is -1.16. The molecule has 4 amide bonds. The Hall–Kier alpha value is -3.15. The van der Waals surface area contributed by atoms with Gasteiger partial charge in [-0.3, -0.25) is 14.5 Å². The van der Waals surface area contributed by atoms with E-state index >= 15 is 0 Å². The topological polar surface area (TPSA) is 78.5 Å². The van der Waals surface area contributed by atoms with E-state index in [2.05, 4.69) is 16.7 Å². The number of carbonyl (C=O) groups is 3. The highest BCUT2D eigenvalue weighted by Crippen LogP contribution is 2.30. The number of benzene rings is 2. The number of hydrogen-bond acceptors (Lipinski definition) is 3. The average molecular weight is 377 g/mol. The Kier molecular flexibility index (Phi) is 4.63. The van der Waals surface area contributed by atoms with Crippen LogP contribution in [0.2, 0.25) is 0 Å². The second-order valence-corrected chi connectivity index (χ2v) is 7.52. The zero-order valence-corrected chi connectivity index (χ0v) is 15.8. The summed E-state index contributed by atoms with van der Waals surface area (Å²) in [4.78, 5) is 39.0. The average Bonchev–Trinajstić information content (AvgIpc) is 2.93. The van der Waals surface area contributed by atoms with Crippen molar-refractivity contribution in [1.29, 1.82) is 0 Å². The lowest BCUT2D eigenvalue weighted by atomic mass is 9.88. The number of urea groups is 1. The first-order valence-corrected chi connectivity index (χ1v) is 9.56. The van der Waals surface area contributed by atoms with Gasteiger partial charge in [-0.05, 0) is 42.9 Å². The summed E-state index contributed by atoms with van der Waals surface area (Å²) in [5, 5.41) is 5.73. The molecule has 1 aliphatic carbocycles. The molecule has 1 fully saturated rings. The Balaban J connectivity index is 1.47. The van der Waals surface area contributed by atoms with Crippen molar-refractivity contribution in [2.45, 2.75) is 37.8 Å². The van der Waals surface area contributed by atoms with Gasteiger partial charge in [0.2, 0.25) is 5.91 Å². The number of nitrogens with zero attached hydrogens (tertiary/aromatic N) is 1. The summed E-state index contributed by atoms with van der Waals surface area (Å²) in [6, 6.07) is 16.5. The summed E-state index contributed by atoms with van der Waals surface area (Å²) in [5.41, 5.74) is 1.90. The van der Waals surface area contributed by atoms with E-state index in [0.717, 1.165) is 29.7 Å². The van der Waals surface area contributed by atoms with Crippen molar-refractivity contribution in [3.05, 3.63) is 71.3 Å². The minimum absolute atomic E-state index is 0.0845. The molecule has 2 aromatic rings. The normalized spacial score (nSPS) is 23.9. The molecule has 1 heterocycles. The van der Waals surface area contributed by atoms with Crippen LogP contribution in [0.3, 0.4) is 0 Å². The van der Waals surface area contributed by atoms with Crippen molar-refractivity contribution in [1.82, 2.24) is 15.5 Å². The maximum atomic E-state index is 12.9. The molecule has 2 aliphatic rings. The summed E-state index contributed by atoms with van der Waals surface area (Å²) < 4.78 is 0. The van der Waals surface area contributed by atoms with Crippen LogP contribution in [0.5, 0.6) is 0 Å². The lowest BCUT2D eigenvalue weighted by Crippen LogP contribution is -2.44. The van der Waals surface area contributed by atoms with Gasteiger partial charge in [0.1, 0.15) is 12.1 Å². The van der Waals surface area contributed by atoms with Gasteiger partial charge in [0.15, 0.2) is 0 Å². The molecular weight excluding hydrogens is 354 g/mol. The lowest BCUT2D eigenvalue weighted by Gasteiger charge is -2.27. The fourth-order valence-electron chi connectivity index (χ4n) is 4.10. The van der Waals surface area contributed by atoms with Gasteiger partial charge in [-0.25, -0.2) is 4.79 Å². The number of amides is 4. The van der Waals surface area contributed by atoms with E-state index in [-0.39, 0.29) is 18.5 Å². The lowest BCUT2D eigenvalue weighted by molar-refractivity contribution is -0.135. The highest BCUT2D eigenvalue weighted by atomic mass is 16.2. The quantitative estimate of drug-likeness (QED) is 0.804. The van der Waals surface area contributed by atoms with Crippen LogP contribution in [-0.4, -0.2) is 29.3 Å². The van der Waals surface area contributed by atoms with E-state index in [1.165, 1.54) is 5.56 Å². The molecule has 4 rings (SSSR count). The molecule has 0 radical (unpaired) electrons. The van der Waals surface area contributed by atoms with Crippen molar-refractivity contribution >= 4 is 17.8 Å². The Morgan fingerprint density at radius 2 is 1.86 bits per heavy atom. The third kappa shape index (κ3) is 3.15. The van der Waals surface area contributed by atoms with E-state index in [0.29, 0.717) is 5.56 Å². The molecule has 6 heteroatoms. The molecule has 2 aromatic carbocycles. The molecule has 1 saturated heterocycles.